The molecule has 1 aromatic heterocycles. The topological polar surface area (TPSA) is 53.4 Å². The second-order valence-electron chi connectivity index (χ2n) is 7.57. The zero-order chi connectivity index (χ0) is 19.3. The van der Waals surface area contributed by atoms with Gasteiger partial charge in [0.2, 0.25) is 0 Å². The van der Waals surface area contributed by atoms with Gasteiger partial charge in [-0.05, 0) is 36.6 Å². The van der Waals surface area contributed by atoms with E-state index in [9.17, 15) is 4.79 Å². The minimum Gasteiger partial charge on any atom is -0.486 e. The maximum atomic E-state index is 12.0. The monoisotopic (exact) mass is 400 g/mol. The smallest absolute Gasteiger partial charge is 0.300 e. The number of nitrogens with zero attached hydrogens (tertiary/aromatic N) is 2. The Morgan fingerprint density at radius 2 is 2.04 bits per heavy atom. The number of fused-ring (bicyclic) bond motifs is 1. The van der Waals surface area contributed by atoms with Crippen molar-refractivity contribution in [3.63, 3.8) is 0 Å². The molecule has 2 unspecified atom stereocenters. The van der Waals surface area contributed by atoms with Crippen LogP contribution >= 0.6 is 11.8 Å². The summed E-state index contributed by atoms with van der Waals surface area (Å²) in [6.45, 7) is 2.82. The first-order valence-corrected chi connectivity index (χ1v) is 11.5. The van der Waals surface area contributed by atoms with Gasteiger partial charge in [0.25, 0.3) is 5.56 Å². The largest absolute Gasteiger partial charge is 0.486 e. The lowest BCUT2D eigenvalue weighted by molar-refractivity contribution is 0.0116. The number of para-hydroxylation sites is 1. The maximum Gasteiger partial charge on any atom is 0.300 e. The van der Waals surface area contributed by atoms with E-state index in [4.69, 9.17) is 9.47 Å². The van der Waals surface area contributed by atoms with Crippen molar-refractivity contribution in [2.75, 3.05) is 5.75 Å². The van der Waals surface area contributed by atoms with E-state index in [0.717, 1.165) is 35.8 Å². The van der Waals surface area contributed by atoms with Gasteiger partial charge in [0, 0.05) is 17.5 Å². The van der Waals surface area contributed by atoms with Gasteiger partial charge in [0.05, 0.1) is 6.54 Å². The first-order valence-electron chi connectivity index (χ1n) is 10.3. The molecule has 1 aromatic carbocycles. The first-order chi connectivity index (χ1) is 13.7. The van der Waals surface area contributed by atoms with Crippen LogP contribution in [0.2, 0.25) is 0 Å². The third-order valence-corrected chi connectivity index (χ3v) is 6.55. The minimum atomic E-state index is -0.225. The van der Waals surface area contributed by atoms with Crippen molar-refractivity contribution < 1.29 is 9.47 Å². The normalized spacial score (nSPS) is 20.4. The average Bonchev–Trinajstić information content (AvgIpc) is 3.15. The van der Waals surface area contributed by atoms with Crippen molar-refractivity contribution in [2.45, 2.75) is 63.5 Å². The van der Waals surface area contributed by atoms with Gasteiger partial charge in [0.15, 0.2) is 6.10 Å². The van der Waals surface area contributed by atoms with Crippen LogP contribution in [0.1, 0.15) is 44.7 Å². The Labute approximate surface area is 170 Å². The molecular weight excluding hydrogens is 372 g/mol. The van der Waals surface area contributed by atoms with Crippen molar-refractivity contribution in [1.29, 1.82) is 0 Å². The molecule has 2 aromatic rings. The summed E-state index contributed by atoms with van der Waals surface area (Å²) in [5.41, 5.74) is 0.767. The van der Waals surface area contributed by atoms with Crippen LogP contribution in [0.4, 0.5) is 0 Å². The molecule has 4 rings (SSSR count). The fourth-order valence-corrected chi connectivity index (χ4v) is 4.91. The molecule has 1 saturated carbocycles. The summed E-state index contributed by atoms with van der Waals surface area (Å²) in [7, 11) is 0. The molecule has 150 valence electrons. The number of hydrogen-bond acceptors (Lipinski definition) is 5. The molecule has 0 bridgehead atoms. The maximum absolute atomic E-state index is 12.0. The molecule has 0 radical (unpaired) electrons. The van der Waals surface area contributed by atoms with Crippen LogP contribution in [-0.2, 0) is 12.3 Å². The summed E-state index contributed by atoms with van der Waals surface area (Å²) in [4.78, 5) is 16.2. The Hall–Kier alpha value is -1.95. The lowest BCUT2D eigenvalue weighted by Gasteiger charge is -2.33. The van der Waals surface area contributed by atoms with Crippen molar-refractivity contribution in [3.05, 3.63) is 52.4 Å². The second kappa shape index (κ2) is 9.03. The molecule has 1 aliphatic carbocycles. The van der Waals surface area contributed by atoms with Crippen molar-refractivity contribution >= 4 is 11.8 Å². The third kappa shape index (κ3) is 4.37. The fourth-order valence-electron chi connectivity index (χ4n) is 4.26. The molecule has 5 nitrogen and oxygen atoms in total. The van der Waals surface area contributed by atoms with Crippen LogP contribution in [0.3, 0.4) is 0 Å². The van der Waals surface area contributed by atoms with Crippen LogP contribution < -0.4 is 15.0 Å². The van der Waals surface area contributed by atoms with Gasteiger partial charge in [-0.15, -0.1) is 0 Å². The highest BCUT2D eigenvalue weighted by molar-refractivity contribution is 7.98. The van der Waals surface area contributed by atoms with E-state index in [2.05, 4.69) is 16.5 Å². The van der Waals surface area contributed by atoms with Crippen LogP contribution in [0.5, 0.6) is 11.8 Å². The Balaban J connectivity index is 1.58. The van der Waals surface area contributed by atoms with Crippen molar-refractivity contribution in [3.8, 4) is 11.8 Å². The molecule has 2 atom stereocenters. The van der Waals surface area contributed by atoms with E-state index >= 15 is 0 Å². The fraction of sp³-hybridized carbons (Fsp3) is 0.545. The van der Waals surface area contributed by atoms with E-state index < -0.39 is 0 Å². The molecule has 2 heterocycles. The van der Waals surface area contributed by atoms with Crippen LogP contribution in [0.25, 0.3) is 0 Å². The van der Waals surface area contributed by atoms with Gasteiger partial charge < -0.3 is 9.47 Å². The lowest BCUT2D eigenvalue weighted by atomic mass is 9.83. The van der Waals surface area contributed by atoms with Crippen molar-refractivity contribution in [1.82, 2.24) is 9.55 Å². The van der Waals surface area contributed by atoms with Gasteiger partial charge in [-0.2, -0.15) is 16.7 Å². The lowest BCUT2D eigenvalue weighted by Crippen LogP contribution is -2.42. The Kier molecular flexibility index (Phi) is 6.25. The molecule has 1 fully saturated rings. The molecule has 1 aliphatic heterocycles. The average molecular weight is 401 g/mol. The van der Waals surface area contributed by atoms with E-state index in [1.54, 1.807) is 17.8 Å². The standard InChI is InChI=1S/C22H28N2O3S/c1-2-28-15-17-13-20(25)23-22-24(17)14-19(27-22)21(16-9-5-3-6-10-16)26-18-11-7-4-8-12-18/h4,7-8,11-13,16,19,21H,2-3,5-6,9-10,14-15H2,1H3. The third-order valence-electron chi connectivity index (χ3n) is 5.64. The number of aromatic nitrogens is 2. The van der Waals surface area contributed by atoms with E-state index in [1.165, 1.54) is 19.3 Å². The van der Waals surface area contributed by atoms with Gasteiger partial charge in [-0.3, -0.25) is 9.36 Å². The van der Waals surface area contributed by atoms with Crippen molar-refractivity contribution in [2.24, 2.45) is 5.92 Å². The molecule has 0 N–H and O–H groups in total. The quantitative estimate of drug-likeness (QED) is 0.694. The Bertz CT molecular complexity index is 833. The zero-order valence-corrected chi connectivity index (χ0v) is 17.2. The van der Waals surface area contributed by atoms with Gasteiger partial charge in [-0.1, -0.05) is 44.4 Å². The SMILES string of the molecule is CCSCc1cc(=O)nc2n1CC(C(Oc1ccccc1)C1CCCCC1)O2. The summed E-state index contributed by atoms with van der Waals surface area (Å²) in [6, 6.07) is 12.1. The molecule has 0 saturated heterocycles. The molecule has 28 heavy (non-hydrogen) atoms. The number of rotatable bonds is 7. The van der Waals surface area contributed by atoms with Gasteiger partial charge in [0.1, 0.15) is 11.9 Å². The number of thioether (sulfide) groups is 1. The highest BCUT2D eigenvalue weighted by Crippen LogP contribution is 2.34. The van der Waals surface area contributed by atoms with E-state index in [0.29, 0.717) is 18.5 Å². The van der Waals surface area contributed by atoms with E-state index in [1.807, 2.05) is 30.3 Å². The molecule has 0 amide bonds. The Morgan fingerprint density at radius 3 is 2.79 bits per heavy atom. The summed E-state index contributed by atoms with van der Waals surface area (Å²) < 4.78 is 14.8. The summed E-state index contributed by atoms with van der Waals surface area (Å²) in [6.07, 6.45) is 5.96. The zero-order valence-electron chi connectivity index (χ0n) is 16.4. The number of ether oxygens (including phenoxy) is 2. The molecule has 0 spiro atoms. The summed E-state index contributed by atoms with van der Waals surface area (Å²) in [5, 5.41) is 0. The summed E-state index contributed by atoms with van der Waals surface area (Å²) in [5.74, 6) is 3.15. The van der Waals surface area contributed by atoms with E-state index in [-0.39, 0.29) is 17.8 Å². The number of benzene rings is 1. The highest BCUT2D eigenvalue weighted by Gasteiger charge is 2.39. The Morgan fingerprint density at radius 1 is 1.25 bits per heavy atom. The molecule has 2 aliphatic rings. The van der Waals surface area contributed by atoms with Gasteiger partial charge in [-0.25, -0.2) is 0 Å². The van der Waals surface area contributed by atoms with Gasteiger partial charge >= 0.3 is 6.01 Å². The molecular formula is C22H28N2O3S. The first kappa shape index (κ1) is 19.4. The molecule has 6 heteroatoms. The minimum absolute atomic E-state index is 0.0359. The highest BCUT2D eigenvalue weighted by atomic mass is 32.2. The predicted molar refractivity (Wildman–Crippen MR) is 112 cm³/mol. The van der Waals surface area contributed by atoms with Crippen LogP contribution in [0.15, 0.2) is 41.2 Å². The summed E-state index contributed by atoms with van der Waals surface area (Å²) >= 11 is 1.80. The van der Waals surface area contributed by atoms with Crippen LogP contribution in [-0.4, -0.2) is 27.5 Å². The van der Waals surface area contributed by atoms with Crippen LogP contribution in [0, 0.1) is 5.92 Å². The predicted octanol–water partition coefficient (Wildman–Crippen LogP) is 4.29. The number of hydrogen-bond donors (Lipinski definition) is 0. The second-order valence-corrected chi connectivity index (χ2v) is 8.84.